The summed E-state index contributed by atoms with van der Waals surface area (Å²) in [5, 5.41) is 19.5. The maximum Gasteiger partial charge on any atom is 0.167 e. The van der Waals surface area contributed by atoms with Gasteiger partial charge in [0.15, 0.2) is 23.8 Å². The Labute approximate surface area is 146 Å². The predicted octanol–water partition coefficient (Wildman–Crippen LogP) is -6.95. The zero-order chi connectivity index (χ0) is 16.1. The largest absolute Gasteiger partial charge is 1.00 e. The van der Waals surface area contributed by atoms with Gasteiger partial charge in [-0.05, 0) is 0 Å². The van der Waals surface area contributed by atoms with Crippen LogP contribution in [0.4, 0.5) is 0 Å². The van der Waals surface area contributed by atoms with Gasteiger partial charge in [-0.15, -0.1) is 0 Å². The Balaban J connectivity index is -0.00000180. The molecule has 8 heteroatoms. The molecule has 0 saturated heterocycles. The summed E-state index contributed by atoms with van der Waals surface area (Å²) in [4.78, 5) is 23.5. The molecule has 22 heavy (non-hydrogen) atoms. The first-order valence-corrected chi connectivity index (χ1v) is 6.84. The van der Waals surface area contributed by atoms with E-state index in [4.69, 9.17) is 0 Å². The maximum atomic E-state index is 11.7. The molecule has 0 aromatic rings. The smallest absolute Gasteiger partial charge is 0.167 e. The third-order valence-corrected chi connectivity index (χ3v) is 2.80. The molecule has 0 aromatic carbocycles. The average molecular weight is 361 g/mol. The van der Waals surface area contributed by atoms with Gasteiger partial charge in [-0.1, -0.05) is 0 Å². The summed E-state index contributed by atoms with van der Waals surface area (Å²) >= 11 is 0. The molecule has 0 fully saturated rings. The van der Waals surface area contributed by atoms with E-state index in [1.54, 1.807) is 0 Å². The van der Waals surface area contributed by atoms with Crippen molar-refractivity contribution in [2.75, 3.05) is 55.4 Å². The Morgan fingerprint density at radius 1 is 0.727 bits per heavy atom. The zero-order valence-electron chi connectivity index (χ0n) is 14.3. The van der Waals surface area contributed by atoms with Gasteiger partial charge in [0.05, 0.1) is 42.3 Å². The highest BCUT2D eigenvalue weighted by Crippen LogP contribution is 2.05. The van der Waals surface area contributed by atoms with Crippen LogP contribution in [-0.2, 0) is 9.59 Å². The quantitative estimate of drug-likeness (QED) is 0.401. The van der Waals surface area contributed by atoms with Gasteiger partial charge in [0.1, 0.15) is 13.1 Å². The van der Waals surface area contributed by atoms with Gasteiger partial charge in [0.25, 0.3) is 0 Å². The van der Waals surface area contributed by atoms with Crippen molar-refractivity contribution >= 4 is 11.6 Å². The van der Waals surface area contributed by atoms with E-state index in [-0.39, 0.29) is 49.2 Å². The van der Waals surface area contributed by atoms with Crippen molar-refractivity contribution < 1.29 is 53.6 Å². The van der Waals surface area contributed by atoms with Gasteiger partial charge in [0.2, 0.25) is 0 Å². The molecule has 0 aliphatic rings. The van der Waals surface area contributed by atoms with E-state index < -0.39 is 12.2 Å². The molecule has 2 atom stereocenters. The molecule has 2 N–H and O–H groups in total. The highest BCUT2D eigenvalue weighted by Gasteiger charge is 2.26. The average Bonchev–Trinajstić information content (AvgIpc) is 2.20. The lowest BCUT2D eigenvalue weighted by Gasteiger charge is -2.27. The number of halogens is 2. The number of ketones is 2. The van der Waals surface area contributed by atoms with Gasteiger partial charge >= 0.3 is 0 Å². The molecule has 0 saturated carbocycles. The second-order valence-electron chi connectivity index (χ2n) is 7.41. The predicted molar refractivity (Wildman–Crippen MR) is 77.1 cm³/mol. The van der Waals surface area contributed by atoms with Crippen molar-refractivity contribution in [1.82, 2.24) is 0 Å². The second-order valence-corrected chi connectivity index (χ2v) is 7.41. The molecule has 0 aliphatic carbocycles. The number of aliphatic hydroxyl groups is 2. The van der Waals surface area contributed by atoms with Crippen LogP contribution in [0, 0.1) is 0 Å². The van der Waals surface area contributed by atoms with Crippen LogP contribution in [0.2, 0.25) is 0 Å². The van der Waals surface area contributed by atoms with Crippen LogP contribution in [0.5, 0.6) is 0 Å². The van der Waals surface area contributed by atoms with Gasteiger partial charge in [0, 0.05) is 12.8 Å². The van der Waals surface area contributed by atoms with Gasteiger partial charge < -0.3 is 44.0 Å². The molecule has 0 rings (SSSR count). The van der Waals surface area contributed by atoms with Crippen molar-refractivity contribution in [2.45, 2.75) is 25.0 Å². The number of rotatable bonds is 9. The summed E-state index contributed by atoms with van der Waals surface area (Å²) in [7, 11) is 11.3. The van der Waals surface area contributed by atoms with E-state index in [0.29, 0.717) is 22.1 Å². The number of likely N-dealkylation sites (N-methyl/N-ethyl adjacent to an activating group) is 2. The van der Waals surface area contributed by atoms with Crippen LogP contribution in [0.25, 0.3) is 0 Å². The number of carbonyl (C=O) groups excluding carboxylic acids is 2. The van der Waals surface area contributed by atoms with E-state index >= 15 is 0 Å². The Kier molecular flexibility index (Phi) is 12.7. The van der Waals surface area contributed by atoms with Crippen LogP contribution < -0.4 is 24.8 Å². The Bertz CT molecular complexity index is 318. The molecule has 0 amide bonds. The van der Waals surface area contributed by atoms with Crippen LogP contribution in [0.1, 0.15) is 12.8 Å². The lowest BCUT2D eigenvalue weighted by molar-refractivity contribution is -0.872. The number of quaternary nitrogens is 2. The molecule has 0 spiro atoms. The molecular formula is C14H30Cl2N2O4. The third-order valence-electron chi connectivity index (χ3n) is 2.80. The van der Waals surface area contributed by atoms with Crippen molar-refractivity contribution in [2.24, 2.45) is 0 Å². The first-order chi connectivity index (χ1) is 8.82. The molecule has 0 aromatic heterocycles. The van der Waals surface area contributed by atoms with Crippen LogP contribution in [0.3, 0.4) is 0 Å². The summed E-state index contributed by atoms with van der Waals surface area (Å²) in [6.07, 6.45) is -2.15. The second kappa shape index (κ2) is 10.5. The fraction of sp³-hybridized carbons (Fsp3) is 0.857. The van der Waals surface area contributed by atoms with Crippen molar-refractivity contribution in [1.29, 1.82) is 0 Å². The highest BCUT2D eigenvalue weighted by molar-refractivity contribution is 5.90. The fourth-order valence-electron chi connectivity index (χ4n) is 1.82. The number of aliphatic hydroxyl groups excluding tert-OH is 2. The molecule has 0 radical (unpaired) electrons. The minimum atomic E-state index is -1.06. The lowest BCUT2D eigenvalue weighted by Crippen LogP contribution is -3.00. The minimum absolute atomic E-state index is 0. The summed E-state index contributed by atoms with van der Waals surface area (Å²) < 4.78 is 0.954. The van der Waals surface area contributed by atoms with Crippen LogP contribution in [0.15, 0.2) is 0 Å². The highest BCUT2D eigenvalue weighted by atomic mass is 35.5. The third kappa shape index (κ3) is 13.4. The number of Topliss-reactive ketones (excluding diaryl/α,β-unsaturated/α-hetero) is 2. The van der Waals surface area contributed by atoms with Gasteiger partial charge in [-0.2, -0.15) is 0 Å². The van der Waals surface area contributed by atoms with E-state index in [1.807, 2.05) is 42.3 Å². The maximum absolute atomic E-state index is 11.7. The van der Waals surface area contributed by atoms with E-state index in [9.17, 15) is 19.8 Å². The van der Waals surface area contributed by atoms with E-state index in [0.717, 1.165) is 0 Å². The Morgan fingerprint density at radius 2 is 0.955 bits per heavy atom. The number of carbonyl (C=O) groups is 2. The summed E-state index contributed by atoms with van der Waals surface area (Å²) in [5.74, 6) is -0.687. The molecular weight excluding hydrogens is 331 g/mol. The minimum Gasteiger partial charge on any atom is -1.00 e. The van der Waals surface area contributed by atoms with Crippen molar-refractivity contribution in [3.63, 3.8) is 0 Å². The van der Waals surface area contributed by atoms with Gasteiger partial charge in [-0.25, -0.2) is 0 Å². The Morgan fingerprint density at radius 3 is 1.14 bits per heavy atom. The molecule has 6 nitrogen and oxygen atoms in total. The molecule has 0 bridgehead atoms. The summed E-state index contributed by atoms with van der Waals surface area (Å²) in [5.41, 5.74) is 0. The first kappa shape index (κ1) is 26.6. The topological polar surface area (TPSA) is 74.6 Å². The standard InChI is InChI=1S/C14H30N2O4.2ClH/c1-15(2,3)9-13(19)11(17)7-8-12(18)14(20)10-16(4,5)6;;/h13-14,19-20H,7-10H2,1-6H3;2*1H/q+2;;/p-2. The molecule has 134 valence electrons. The fourth-order valence-corrected chi connectivity index (χ4v) is 1.82. The number of hydrogen-bond donors (Lipinski definition) is 2. The molecule has 0 aliphatic heterocycles. The molecule has 0 heterocycles. The summed E-state index contributed by atoms with van der Waals surface area (Å²) in [6.45, 7) is 0.628. The van der Waals surface area contributed by atoms with Crippen LogP contribution >= 0.6 is 0 Å². The first-order valence-electron chi connectivity index (χ1n) is 6.84. The monoisotopic (exact) mass is 360 g/mol. The van der Waals surface area contributed by atoms with E-state index in [2.05, 4.69) is 0 Å². The normalized spacial score (nSPS) is 14.4. The van der Waals surface area contributed by atoms with Crippen LogP contribution in [-0.4, -0.2) is 98.3 Å². The van der Waals surface area contributed by atoms with Crippen molar-refractivity contribution in [3.05, 3.63) is 0 Å². The zero-order valence-corrected chi connectivity index (χ0v) is 15.9. The Hall–Kier alpha value is -0.240. The summed E-state index contributed by atoms with van der Waals surface area (Å²) in [6, 6.07) is 0. The van der Waals surface area contributed by atoms with E-state index in [1.165, 1.54) is 0 Å². The number of nitrogens with zero attached hydrogens (tertiary/aromatic N) is 2. The lowest BCUT2D eigenvalue weighted by atomic mass is 10.0. The molecule has 2 unspecified atom stereocenters. The number of hydrogen-bond acceptors (Lipinski definition) is 4. The SMILES string of the molecule is C[N+](C)(C)CC(O)C(=O)CCC(=O)C(O)C[N+](C)(C)C.[Cl-].[Cl-]. The van der Waals surface area contributed by atoms with Crippen molar-refractivity contribution in [3.8, 4) is 0 Å². The van der Waals surface area contributed by atoms with Gasteiger partial charge in [-0.3, -0.25) is 9.59 Å².